The summed E-state index contributed by atoms with van der Waals surface area (Å²) >= 11 is 0. The van der Waals surface area contributed by atoms with Crippen LogP contribution in [0.15, 0.2) is 35.1 Å². The number of hydrogen-bond acceptors (Lipinski definition) is 4. The molecule has 0 saturated carbocycles. The third-order valence-electron chi connectivity index (χ3n) is 2.46. The number of benzene rings is 1. The van der Waals surface area contributed by atoms with E-state index in [-0.39, 0.29) is 17.0 Å². The molecule has 0 spiro atoms. The van der Waals surface area contributed by atoms with Crippen molar-refractivity contribution in [3.8, 4) is 17.0 Å². The molecule has 2 rings (SSSR count). The number of phenols is 1. The Labute approximate surface area is 98.1 Å². The molecule has 0 amide bonds. The second-order valence-electron chi connectivity index (χ2n) is 3.65. The summed E-state index contributed by atoms with van der Waals surface area (Å²) in [7, 11) is 0. The second kappa shape index (κ2) is 4.29. The highest BCUT2D eigenvalue weighted by atomic mass is 16.3. The zero-order valence-electron chi connectivity index (χ0n) is 9.42. The van der Waals surface area contributed by atoms with Gasteiger partial charge >= 0.3 is 0 Å². The van der Waals surface area contributed by atoms with Gasteiger partial charge in [0.05, 0.1) is 5.69 Å². The van der Waals surface area contributed by atoms with Crippen molar-refractivity contribution in [2.45, 2.75) is 13.5 Å². The van der Waals surface area contributed by atoms with Gasteiger partial charge in [0.1, 0.15) is 11.4 Å². The normalized spacial score (nSPS) is 10.4. The first-order chi connectivity index (χ1) is 8.11. The van der Waals surface area contributed by atoms with Crippen molar-refractivity contribution in [2.24, 2.45) is 0 Å². The maximum absolute atomic E-state index is 11.6. The molecule has 5 heteroatoms. The van der Waals surface area contributed by atoms with Crippen LogP contribution < -0.4 is 11.3 Å². The lowest BCUT2D eigenvalue weighted by atomic mass is 10.1. The van der Waals surface area contributed by atoms with Crippen LogP contribution in [0.2, 0.25) is 0 Å². The van der Waals surface area contributed by atoms with Crippen molar-refractivity contribution in [1.29, 1.82) is 0 Å². The Morgan fingerprint density at radius 3 is 2.59 bits per heavy atom. The zero-order valence-corrected chi connectivity index (χ0v) is 9.42. The fourth-order valence-electron chi connectivity index (χ4n) is 1.55. The van der Waals surface area contributed by atoms with Gasteiger partial charge in [0.2, 0.25) is 0 Å². The van der Waals surface area contributed by atoms with Crippen LogP contribution in [0.3, 0.4) is 0 Å². The molecule has 0 fully saturated rings. The first kappa shape index (κ1) is 11.2. The first-order valence-electron chi connectivity index (χ1n) is 5.29. The Bertz CT molecular complexity index is 588. The molecule has 0 aliphatic carbocycles. The van der Waals surface area contributed by atoms with Gasteiger partial charge in [0.15, 0.2) is 0 Å². The third kappa shape index (κ3) is 2.13. The van der Waals surface area contributed by atoms with Crippen LogP contribution >= 0.6 is 0 Å². The maximum atomic E-state index is 11.6. The Balaban J connectivity index is 2.56. The molecular formula is C12H13N3O2. The molecule has 1 aromatic carbocycles. The Hall–Kier alpha value is -2.30. The van der Waals surface area contributed by atoms with Gasteiger partial charge in [-0.2, -0.15) is 5.10 Å². The molecule has 2 aromatic rings. The van der Waals surface area contributed by atoms with Gasteiger partial charge in [-0.3, -0.25) is 4.79 Å². The van der Waals surface area contributed by atoms with Crippen molar-refractivity contribution < 1.29 is 5.11 Å². The fourth-order valence-corrected chi connectivity index (χ4v) is 1.55. The first-order valence-corrected chi connectivity index (χ1v) is 5.29. The predicted octanol–water partition coefficient (Wildman–Crippen LogP) is 1.22. The van der Waals surface area contributed by atoms with E-state index >= 15 is 0 Å². The average molecular weight is 231 g/mol. The van der Waals surface area contributed by atoms with Crippen LogP contribution in [0.1, 0.15) is 6.92 Å². The standard InChI is InChI=1S/C12H13N3O2/c1-2-15-12(17)10(13)7-11(14-15)8-3-5-9(16)6-4-8/h3-7,16H,2,13H2,1H3. The molecule has 1 heterocycles. The number of phenolic OH excluding ortho intramolecular Hbond substituents is 1. The summed E-state index contributed by atoms with van der Waals surface area (Å²) in [5, 5.41) is 13.4. The molecule has 88 valence electrons. The zero-order chi connectivity index (χ0) is 12.4. The van der Waals surface area contributed by atoms with Crippen molar-refractivity contribution in [3.63, 3.8) is 0 Å². The summed E-state index contributed by atoms with van der Waals surface area (Å²) in [5.74, 6) is 0.186. The summed E-state index contributed by atoms with van der Waals surface area (Å²) in [6, 6.07) is 8.12. The summed E-state index contributed by atoms with van der Waals surface area (Å²) in [4.78, 5) is 11.6. The number of aromatic hydroxyl groups is 1. The predicted molar refractivity (Wildman–Crippen MR) is 65.7 cm³/mol. The van der Waals surface area contributed by atoms with E-state index in [0.29, 0.717) is 12.2 Å². The summed E-state index contributed by atoms with van der Waals surface area (Å²) in [5.41, 5.74) is 6.95. The molecule has 17 heavy (non-hydrogen) atoms. The van der Waals surface area contributed by atoms with Crippen molar-refractivity contribution in [3.05, 3.63) is 40.7 Å². The molecule has 5 nitrogen and oxygen atoms in total. The van der Waals surface area contributed by atoms with Crippen LogP contribution in [0.5, 0.6) is 5.75 Å². The molecule has 3 N–H and O–H groups in total. The number of hydrogen-bond donors (Lipinski definition) is 2. The van der Waals surface area contributed by atoms with E-state index in [0.717, 1.165) is 5.56 Å². The Morgan fingerprint density at radius 1 is 1.35 bits per heavy atom. The maximum Gasteiger partial charge on any atom is 0.289 e. The van der Waals surface area contributed by atoms with Crippen molar-refractivity contribution >= 4 is 5.69 Å². The van der Waals surface area contributed by atoms with Crippen molar-refractivity contribution in [1.82, 2.24) is 9.78 Å². The molecule has 0 radical (unpaired) electrons. The lowest BCUT2D eigenvalue weighted by Gasteiger charge is -2.06. The van der Waals surface area contributed by atoms with Gasteiger partial charge in [-0.15, -0.1) is 0 Å². The lowest BCUT2D eigenvalue weighted by Crippen LogP contribution is -2.24. The fraction of sp³-hybridized carbons (Fsp3) is 0.167. The van der Waals surface area contributed by atoms with Crippen LogP contribution in [-0.2, 0) is 6.54 Å². The van der Waals surface area contributed by atoms with E-state index in [9.17, 15) is 9.90 Å². The molecule has 0 bridgehead atoms. The van der Waals surface area contributed by atoms with E-state index in [1.54, 1.807) is 30.3 Å². The Morgan fingerprint density at radius 2 is 2.00 bits per heavy atom. The van der Waals surface area contributed by atoms with E-state index in [2.05, 4.69) is 5.10 Å². The number of nitrogens with two attached hydrogens (primary N) is 1. The quantitative estimate of drug-likeness (QED) is 0.814. The number of anilines is 1. The van der Waals surface area contributed by atoms with Crippen LogP contribution in [0, 0.1) is 0 Å². The molecule has 0 aliphatic rings. The monoisotopic (exact) mass is 231 g/mol. The SMILES string of the molecule is CCn1nc(-c2ccc(O)cc2)cc(N)c1=O. The van der Waals surface area contributed by atoms with Crippen LogP contribution in [0.4, 0.5) is 5.69 Å². The highest BCUT2D eigenvalue weighted by Gasteiger charge is 2.06. The lowest BCUT2D eigenvalue weighted by molar-refractivity contribution is 0.475. The minimum absolute atomic E-state index is 0.171. The number of rotatable bonds is 2. The number of aryl methyl sites for hydroxylation is 1. The second-order valence-corrected chi connectivity index (χ2v) is 3.65. The Kier molecular flexibility index (Phi) is 2.82. The van der Waals surface area contributed by atoms with Crippen LogP contribution in [-0.4, -0.2) is 14.9 Å². The largest absolute Gasteiger partial charge is 0.508 e. The summed E-state index contributed by atoms with van der Waals surface area (Å²) in [6.45, 7) is 2.30. The van der Waals surface area contributed by atoms with E-state index < -0.39 is 0 Å². The van der Waals surface area contributed by atoms with Crippen LogP contribution in [0.25, 0.3) is 11.3 Å². The van der Waals surface area contributed by atoms with Gasteiger partial charge in [-0.05, 0) is 37.3 Å². The van der Waals surface area contributed by atoms with E-state index in [4.69, 9.17) is 5.73 Å². The molecule has 0 saturated heterocycles. The molecule has 1 aromatic heterocycles. The highest BCUT2D eigenvalue weighted by Crippen LogP contribution is 2.20. The molecule has 0 unspecified atom stereocenters. The van der Waals surface area contributed by atoms with E-state index in [1.165, 1.54) is 4.68 Å². The minimum Gasteiger partial charge on any atom is -0.508 e. The van der Waals surface area contributed by atoms with E-state index in [1.807, 2.05) is 6.92 Å². The summed E-state index contributed by atoms with van der Waals surface area (Å²) < 4.78 is 1.32. The molecule has 0 atom stereocenters. The van der Waals surface area contributed by atoms with Crippen molar-refractivity contribution in [2.75, 3.05) is 5.73 Å². The molecular weight excluding hydrogens is 218 g/mol. The van der Waals surface area contributed by atoms with Gasteiger partial charge in [-0.25, -0.2) is 4.68 Å². The minimum atomic E-state index is -0.282. The number of nitrogens with zero attached hydrogens (tertiary/aromatic N) is 2. The highest BCUT2D eigenvalue weighted by molar-refractivity contribution is 5.62. The van der Waals surface area contributed by atoms with Gasteiger partial charge in [0.25, 0.3) is 5.56 Å². The third-order valence-corrected chi connectivity index (χ3v) is 2.46. The van der Waals surface area contributed by atoms with Gasteiger partial charge in [0, 0.05) is 12.1 Å². The average Bonchev–Trinajstić information content (AvgIpc) is 2.33. The molecule has 0 aliphatic heterocycles. The summed E-state index contributed by atoms with van der Waals surface area (Å²) in [6.07, 6.45) is 0. The van der Waals surface area contributed by atoms with Gasteiger partial charge in [-0.1, -0.05) is 0 Å². The smallest absolute Gasteiger partial charge is 0.289 e. The topological polar surface area (TPSA) is 81.1 Å². The number of nitrogen functional groups attached to an aromatic ring is 1. The number of aromatic nitrogens is 2. The van der Waals surface area contributed by atoms with Gasteiger partial charge < -0.3 is 10.8 Å².